The number of nitriles is 1. The van der Waals surface area contributed by atoms with Crippen LogP contribution >= 0.6 is 0 Å². The van der Waals surface area contributed by atoms with Crippen molar-refractivity contribution in [2.75, 3.05) is 13.2 Å². The lowest BCUT2D eigenvalue weighted by Gasteiger charge is -2.13. The Kier molecular flexibility index (Phi) is 6.94. The third-order valence-electron chi connectivity index (χ3n) is 4.69. The van der Waals surface area contributed by atoms with Crippen molar-refractivity contribution in [2.24, 2.45) is 0 Å². The molecule has 2 rings (SSSR count). The molecule has 1 aromatic heterocycles. The highest BCUT2D eigenvalue weighted by atomic mass is 16.5. The third-order valence-corrected chi connectivity index (χ3v) is 4.69. The summed E-state index contributed by atoms with van der Waals surface area (Å²) in [6.07, 6.45) is 4.56. The molecule has 0 saturated carbocycles. The molecule has 1 fully saturated rings. The second-order valence-electron chi connectivity index (χ2n) is 6.62. The first-order valence-corrected chi connectivity index (χ1v) is 9.17. The first kappa shape index (κ1) is 20.4. The number of aryl methyl sites for hydroxylation is 1. The summed E-state index contributed by atoms with van der Waals surface area (Å²) in [5, 5.41) is 9.31. The van der Waals surface area contributed by atoms with Crippen LogP contribution in [0.5, 0.6) is 0 Å². The minimum absolute atomic E-state index is 0.175. The molecule has 27 heavy (non-hydrogen) atoms. The van der Waals surface area contributed by atoms with E-state index in [-0.39, 0.29) is 11.5 Å². The number of imide groups is 1. The van der Waals surface area contributed by atoms with Gasteiger partial charge in [0, 0.05) is 30.9 Å². The minimum Gasteiger partial charge on any atom is -0.451 e. The fraction of sp³-hybridized carbons (Fsp3) is 0.500. The van der Waals surface area contributed by atoms with Crippen LogP contribution in [-0.2, 0) is 25.7 Å². The number of hydrogen-bond acceptors (Lipinski definition) is 5. The highest BCUT2D eigenvalue weighted by Crippen LogP contribution is 2.19. The molecule has 0 radical (unpaired) electrons. The Morgan fingerprint density at radius 2 is 2.11 bits per heavy atom. The largest absolute Gasteiger partial charge is 0.451 e. The van der Waals surface area contributed by atoms with E-state index in [4.69, 9.17) is 4.74 Å². The topological polar surface area (TPSA) is 92.4 Å². The first-order chi connectivity index (χ1) is 12.9. The van der Waals surface area contributed by atoms with Gasteiger partial charge in [-0.15, -0.1) is 0 Å². The average molecular weight is 371 g/mol. The van der Waals surface area contributed by atoms with E-state index in [2.05, 4.69) is 11.5 Å². The molecule has 7 heteroatoms. The fourth-order valence-electron chi connectivity index (χ4n) is 3.12. The summed E-state index contributed by atoms with van der Waals surface area (Å²) in [7, 11) is 0. The number of unbranched alkanes of at least 4 members (excludes halogenated alkanes) is 1. The Bertz CT molecular complexity index is 814. The van der Waals surface area contributed by atoms with Gasteiger partial charge in [0.1, 0.15) is 11.6 Å². The lowest BCUT2D eigenvalue weighted by molar-refractivity contribution is -0.152. The van der Waals surface area contributed by atoms with Crippen molar-refractivity contribution in [3.8, 4) is 6.07 Å². The quantitative estimate of drug-likeness (QED) is 0.417. The molecule has 1 aromatic rings. The number of carbonyl (C=O) groups is 3. The lowest BCUT2D eigenvalue weighted by Crippen LogP contribution is -2.35. The van der Waals surface area contributed by atoms with Gasteiger partial charge in [0.25, 0.3) is 5.91 Å². The van der Waals surface area contributed by atoms with Crippen LogP contribution in [0.25, 0.3) is 6.08 Å². The van der Waals surface area contributed by atoms with Crippen LogP contribution in [0.3, 0.4) is 0 Å². The summed E-state index contributed by atoms with van der Waals surface area (Å²) in [5.41, 5.74) is 2.63. The van der Waals surface area contributed by atoms with Crippen molar-refractivity contribution < 1.29 is 19.1 Å². The molecule has 0 aliphatic carbocycles. The number of nitrogens with zero attached hydrogens (tertiary/aromatic N) is 3. The normalized spacial score (nSPS) is 14.4. The molecule has 2 heterocycles. The van der Waals surface area contributed by atoms with Crippen LogP contribution in [-0.4, -0.2) is 40.4 Å². The number of carbonyl (C=O) groups excluding carboxylic acids is 3. The predicted octanol–water partition coefficient (Wildman–Crippen LogP) is 2.50. The van der Waals surface area contributed by atoms with E-state index in [9.17, 15) is 19.6 Å². The molecule has 0 spiro atoms. The summed E-state index contributed by atoms with van der Waals surface area (Å²) >= 11 is 0. The smallest absolute Gasteiger partial charge is 0.349 e. The third kappa shape index (κ3) is 4.85. The van der Waals surface area contributed by atoms with Crippen molar-refractivity contribution >= 4 is 23.9 Å². The minimum atomic E-state index is -0.865. The van der Waals surface area contributed by atoms with E-state index in [0.717, 1.165) is 41.2 Å². The van der Waals surface area contributed by atoms with Gasteiger partial charge in [-0.2, -0.15) is 5.26 Å². The second-order valence-corrected chi connectivity index (χ2v) is 6.62. The number of esters is 1. The monoisotopic (exact) mass is 371 g/mol. The van der Waals surface area contributed by atoms with E-state index >= 15 is 0 Å². The Balaban J connectivity index is 2.07. The van der Waals surface area contributed by atoms with Crippen molar-refractivity contribution in [1.82, 2.24) is 9.47 Å². The molecule has 1 saturated heterocycles. The Morgan fingerprint density at radius 3 is 2.70 bits per heavy atom. The van der Waals surface area contributed by atoms with E-state index < -0.39 is 18.5 Å². The predicted molar refractivity (Wildman–Crippen MR) is 99.3 cm³/mol. The van der Waals surface area contributed by atoms with Gasteiger partial charge in [-0.3, -0.25) is 14.5 Å². The molecule has 1 aliphatic heterocycles. The van der Waals surface area contributed by atoms with Crippen LogP contribution in [0.1, 0.15) is 49.6 Å². The average Bonchev–Trinajstić information content (AvgIpc) is 3.19. The van der Waals surface area contributed by atoms with Crippen molar-refractivity contribution in [3.05, 3.63) is 28.6 Å². The van der Waals surface area contributed by atoms with Gasteiger partial charge in [-0.1, -0.05) is 13.3 Å². The molecule has 1 aliphatic rings. The maximum Gasteiger partial charge on any atom is 0.349 e. The molecule has 144 valence electrons. The Hall–Kier alpha value is -2.88. The molecule has 7 nitrogen and oxygen atoms in total. The zero-order valence-electron chi connectivity index (χ0n) is 16.1. The van der Waals surface area contributed by atoms with Gasteiger partial charge >= 0.3 is 5.97 Å². The highest BCUT2D eigenvalue weighted by Gasteiger charge is 2.27. The SMILES string of the molecule is CCCCn1c(C)cc(/C=C(\C#N)C(=O)OCC(=O)N2CCCC2=O)c1C. The summed E-state index contributed by atoms with van der Waals surface area (Å²) in [4.78, 5) is 36.8. The zero-order chi connectivity index (χ0) is 20.0. The lowest BCUT2D eigenvalue weighted by atomic mass is 10.1. The maximum atomic E-state index is 12.2. The summed E-state index contributed by atoms with van der Waals surface area (Å²) in [5.74, 6) is -1.68. The first-order valence-electron chi connectivity index (χ1n) is 9.17. The second kappa shape index (κ2) is 9.17. The standard InChI is InChI=1S/C20H25N3O4/c1-4-5-8-22-14(2)10-16(15(22)3)11-17(12-21)20(26)27-13-19(25)23-9-6-7-18(23)24/h10-11H,4-9,13H2,1-3H3/b17-11+. The summed E-state index contributed by atoms with van der Waals surface area (Å²) < 4.78 is 7.10. The van der Waals surface area contributed by atoms with E-state index in [1.165, 1.54) is 6.08 Å². The van der Waals surface area contributed by atoms with Crippen LogP contribution in [0.2, 0.25) is 0 Å². The zero-order valence-corrected chi connectivity index (χ0v) is 16.1. The van der Waals surface area contributed by atoms with Crippen molar-refractivity contribution in [2.45, 2.75) is 53.0 Å². The Morgan fingerprint density at radius 1 is 1.37 bits per heavy atom. The van der Waals surface area contributed by atoms with E-state index in [0.29, 0.717) is 19.4 Å². The molecule has 0 aromatic carbocycles. The van der Waals surface area contributed by atoms with E-state index in [1.54, 1.807) is 0 Å². The molecular formula is C20H25N3O4. The maximum absolute atomic E-state index is 12.2. The van der Waals surface area contributed by atoms with Gasteiger partial charge in [-0.25, -0.2) is 4.79 Å². The van der Waals surface area contributed by atoms with Crippen LogP contribution in [0, 0.1) is 25.2 Å². The number of hydrogen-bond donors (Lipinski definition) is 0. The molecular weight excluding hydrogens is 346 g/mol. The molecule has 0 atom stereocenters. The van der Waals surface area contributed by atoms with Gasteiger partial charge in [-0.05, 0) is 44.4 Å². The summed E-state index contributed by atoms with van der Waals surface area (Å²) in [6.45, 7) is 6.73. The Labute approximate surface area is 159 Å². The van der Waals surface area contributed by atoms with Crippen LogP contribution in [0.4, 0.5) is 0 Å². The van der Waals surface area contributed by atoms with Gasteiger partial charge in [0.2, 0.25) is 5.91 Å². The highest BCUT2D eigenvalue weighted by molar-refractivity contribution is 6.01. The number of amides is 2. The number of likely N-dealkylation sites (tertiary alicyclic amines) is 1. The van der Waals surface area contributed by atoms with Gasteiger partial charge in [0.15, 0.2) is 6.61 Å². The van der Waals surface area contributed by atoms with E-state index in [1.807, 2.05) is 26.0 Å². The molecule has 0 bridgehead atoms. The number of rotatable bonds is 7. The molecule has 0 N–H and O–H groups in total. The fourth-order valence-corrected chi connectivity index (χ4v) is 3.12. The van der Waals surface area contributed by atoms with Crippen molar-refractivity contribution in [1.29, 1.82) is 5.26 Å². The van der Waals surface area contributed by atoms with Crippen molar-refractivity contribution in [3.63, 3.8) is 0 Å². The molecule has 0 unspecified atom stereocenters. The van der Waals surface area contributed by atoms with Crippen LogP contribution < -0.4 is 0 Å². The van der Waals surface area contributed by atoms with Gasteiger partial charge in [0.05, 0.1) is 0 Å². The van der Waals surface area contributed by atoms with Crippen LogP contribution in [0.15, 0.2) is 11.6 Å². The molecule has 2 amide bonds. The van der Waals surface area contributed by atoms with Gasteiger partial charge < -0.3 is 9.30 Å². The number of aromatic nitrogens is 1. The summed E-state index contributed by atoms with van der Waals surface area (Å²) in [6, 6.07) is 3.76. The number of ether oxygens (including phenoxy) is 1.